The third kappa shape index (κ3) is 2.73. The number of nitrogens with one attached hydrogen (secondary N) is 2. The third-order valence-electron chi connectivity index (χ3n) is 4.26. The first-order valence-corrected chi connectivity index (χ1v) is 8.22. The summed E-state index contributed by atoms with van der Waals surface area (Å²) >= 11 is 0. The summed E-state index contributed by atoms with van der Waals surface area (Å²) in [5, 5.41) is 28.4. The number of azo groups is 1. The molecular formula is C19H17N5O2. The number of nitro benzene ring substituents is 1. The molecule has 130 valence electrons. The van der Waals surface area contributed by atoms with Gasteiger partial charge >= 0.3 is 0 Å². The Labute approximate surface area is 149 Å². The van der Waals surface area contributed by atoms with Crippen LogP contribution in [-0.2, 0) is 0 Å². The van der Waals surface area contributed by atoms with Gasteiger partial charge in [0.1, 0.15) is 5.66 Å². The van der Waals surface area contributed by atoms with Crippen molar-refractivity contribution in [3.05, 3.63) is 64.7 Å². The Kier molecular flexibility index (Phi) is 3.57. The van der Waals surface area contributed by atoms with Gasteiger partial charge in [-0.2, -0.15) is 0 Å². The highest BCUT2D eigenvalue weighted by Gasteiger charge is 2.25. The number of nitrogens with zero attached hydrogens (tertiary/aromatic N) is 3. The standard InChI is InChI=1S/C19H17N5O2/c1-19(2)20-15-8-5-6-12-13(10-11-16(21-19)18(12)15)22-23-14-7-3-4-9-17(14)24(25)26/h3-11,20-21H,1-2H3. The second-order valence-corrected chi connectivity index (χ2v) is 6.68. The fourth-order valence-corrected chi connectivity index (χ4v) is 3.20. The van der Waals surface area contributed by atoms with Crippen LogP contribution in [0.25, 0.3) is 10.8 Å². The topological polar surface area (TPSA) is 91.9 Å². The van der Waals surface area contributed by atoms with Gasteiger partial charge in [0.05, 0.1) is 10.6 Å². The van der Waals surface area contributed by atoms with Crippen LogP contribution in [0, 0.1) is 10.1 Å². The minimum Gasteiger partial charge on any atom is -0.363 e. The molecule has 0 spiro atoms. The fraction of sp³-hybridized carbons (Fsp3) is 0.158. The lowest BCUT2D eigenvalue weighted by molar-refractivity contribution is -0.384. The van der Waals surface area contributed by atoms with E-state index >= 15 is 0 Å². The van der Waals surface area contributed by atoms with Gasteiger partial charge in [-0.15, -0.1) is 10.2 Å². The third-order valence-corrected chi connectivity index (χ3v) is 4.26. The van der Waals surface area contributed by atoms with E-state index in [2.05, 4.69) is 34.7 Å². The average molecular weight is 347 g/mol. The van der Waals surface area contributed by atoms with E-state index in [0.29, 0.717) is 5.69 Å². The van der Waals surface area contributed by atoms with Crippen LogP contribution in [0.3, 0.4) is 0 Å². The molecule has 0 saturated carbocycles. The molecule has 0 atom stereocenters. The van der Waals surface area contributed by atoms with Gasteiger partial charge in [0.15, 0.2) is 5.69 Å². The molecule has 0 amide bonds. The molecule has 0 radical (unpaired) electrons. The van der Waals surface area contributed by atoms with Crippen LogP contribution in [0.4, 0.5) is 28.4 Å². The van der Waals surface area contributed by atoms with Crippen molar-refractivity contribution in [3.63, 3.8) is 0 Å². The molecule has 1 aliphatic heterocycles. The fourth-order valence-electron chi connectivity index (χ4n) is 3.20. The predicted octanol–water partition coefficient (Wildman–Crippen LogP) is 5.74. The molecule has 0 saturated heterocycles. The summed E-state index contributed by atoms with van der Waals surface area (Å²) < 4.78 is 0. The molecular weight excluding hydrogens is 330 g/mol. The molecule has 0 aliphatic carbocycles. The van der Waals surface area contributed by atoms with E-state index < -0.39 is 4.92 Å². The first kappa shape index (κ1) is 16.0. The molecule has 0 aromatic heterocycles. The summed E-state index contributed by atoms with van der Waals surface area (Å²) in [4.78, 5) is 10.7. The zero-order valence-corrected chi connectivity index (χ0v) is 14.4. The van der Waals surface area contributed by atoms with Crippen LogP contribution in [0.2, 0.25) is 0 Å². The molecule has 4 rings (SSSR count). The molecule has 2 N–H and O–H groups in total. The van der Waals surface area contributed by atoms with Gasteiger partial charge in [0.25, 0.3) is 5.69 Å². The highest BCUT2D eigenvalue weighted by molar-refractivity contribution is 6.09. The minimum absolute atomic E-state index is 0.0657. The Morgan fingerprint density at radius 1 is 0.885 bits per heavy atom. The van der Waals surface area contributed by atoms with E-state index in [1.54, 1.807) is 18.2 Å². The smallest absolute Gasteiger partial charge is 0.296 e. The first-order chi connectivity index (χ1) is 12.4. The van der Waals surface area contributed by atoms with Crippen molar-refractivity contribution in [2.75, 3.05) is 10.6 Å². The number of nitro groups is 1. The van der Waals surface area contributed by atoms with Gasteiger partial charge in [-0.05, 0) is 38.1 Å². The molecule has 7 heteroatoms. The maximum absolute atomic E-state index is 11.1. The lowest BCUT2D eigenvalue weighted by Crippen LogP contribution is -2.41. The summed E-state index contributed by atoms with van der Waals surface area (Å²) in [7, 11) is 0. The summed E-state index contributed by atoms with van der Waals surface area (Å²) in [6.07, 6.45) is 0. The van der Waals surface area contributed by atoms with Crippen LogP contribution in [0.15, 0.2) is 64.8 Å². The van der Waals surface area contributed by atoms with Crippen molar-refractivity contribution in [1.29, 1.82) is 0 Å². The Morgan fingerprint density at radius 2 is 1.58 bits per heavy atom. The second kappa shape index (κ2) is 5.80. The summed E-state index contributed by atoms with van der Waals surface area (Å²) in [6.45, 7) is 4.13. The Hall–Kier alpha value is -3.48. The Balaban J connectivity index is 1.81. The molecule has 1 heterocycles. The molecule has 26 heavy (non-hydrogen) atoms. The van der Waals surface area contributed by atoms with Crippen molar-refractivity contribution < 1.29 is 4.92 Å². The Bertz CT molecular complexity index is 1040. The van der Waals surface area contributed by atoms with Gasteiger partial charge in [0.2, 0.25) is 0 Å². The highest BCUT2D eigenvalue weighted by Crippen LogP contribution is 2.42. The highest BCUT2D eigenvalue weighted by atomic mass is 16.6. The van der Waals surface area contributed by atoms with Crippen molar-refractivity contribution >= 4 is 39.2 Å². The van der Waals surface area contributed by atoms with Crippen LogP contribution in [0.1, 0.15) is 13.8 Å². The van der Waals surface area contributed by atoms with E-state index in [9.17, 15) is 10.1 Å². The van der Waals surface area contributed by atoms with Crippen LogP contribution in [0.5, 0.6) is 0 Å². The number of hydrogen-bond acceptors (Lipinski definition) is 6. The van der Waals surface area contributed by atoms with Gasteiger partial charge < -0.3 is 10.6 Å². The predicted molar refractivity (Wildman–Crippen MR) is 103 cm³/mol. The number of para-hydroxylation sites is 1. The van der Waals surface area contributed by atoms with E-state index in [0.717, 1.165) is 22.1 Å². The van der Waals surface area contributed by atoms with Crippen LogP contribution < -0.4 is 10.6 Å². The van der Waals surface area contributed by atoms with Gasteiger partial charge in [-0.1, -0.05) is 24.3 Å². The zero-order chi connectivity index (χ0) is 18.3. The van der Waals surface area contributed by atoms with Crippen molar-refractivity contribution in [1.82, 2.24) is 0 Å². The molecule has 3 aromatic carbocycles. The number of anilines is 2. The lowest BCUT2D eigenvalue weighted by atomic mass is 10.00. The second-order valence-electron chi connectivity index (χ2n) is 6.68. The van der Waals surface area contributed by atoms with E-state index in [4.69, 9.17) is 0 Å². The van der Waals surface area contributed by atoms with Gasteiger partial charge in [0, 0.05) is 28.2 Å². The van der Waals surface area contributed by atoms with Crippen molar-refractivity contribution in [3.8, 4) is 0 Å². The average Bonchev–Trinajstić information content (AvgIpc) is 2.60. The van der Waals surface area contributed by atoms with E-state index in [1.165, 1.54) is 6.07 Å². The summed E-state index contributed by atoms with van der Waals surface area (Å²) in [6, 6.07) is 16.1. The maximum atomic E-state index is 11.1. The largest absolute Gasteiger partial charge is 0.363 e. The summed E-state index contributed by atoms with van der Waals surface area (Å²) in [5.74, 6) is 0. The van der Waals surface area contributed by atoms with Crippen molar-refractivity contribution in [2.45, 2.75) is 19.5 Å². The van der Waals surface area contributed by atoms with E-state index in [1.807, 2.05) is 30.3 Å². The molecule has 0 fully saturated rings. The SMILES string of the molecule is CC1(C)Nc2cccc3c(N=Nc4ccccc4[N+](=O)[O-])ccc(c23)N1. The first-order valence-electron chi connectivity index (χ1n) is 8.22. The molecule has 3 aromatic rings. The van der Waals surface area contributed by atoms with Crippen LogP contribution in [-0.4, -0.2) is 10.6 Å². The number of hydrogen-bond donors (Lipinski definition) is 2. The molecule has 1 aliphatic rings. The molecule has 0 bridgehead atoms. The van der Waals surface area contributed by atoms with Crippen molar-refractivity contribution in [2.24, 2.45) is 10.2 Å². The zero-order valence-electron chi connectivity index (χ0n) is 14.4. The van der Waals surface area contributed by atoms with Crippen LogP contribution >= 0.6 is 0 Å². The monoisotopic (exact) mass is 347 g/mol. The molecule has 0 unspecified atom stereocenters. The minimum atomic E-state index is -0.456. The summed E-state index contributed by atoms with van der Waals surface area (Å²) in [5.41, 5.74) is 2.61. The number of rotatable bonds is 3. The van der Waals surface area contributed by atoms with Gasteiger partial charge in [-0.25, -0.2) is 0 Å². The molecule has 7 nitrogen and oxygen atoms in total. The normalized spacial score (nSPS) is 14.8. The maximum Gasteiger partial charge on any atom is 0.296 e. The van der Waals surface area contributed by atoms with Gasteiger partial charge in [-0.3, -0.25) is 10.1 Å². The Morgan fingerprint density at radius 3 is 2.35 bits per heavy atom. The van der Waals surface area contributed by atoms with E-state index in [-0.39, 0.29) is 17.0 Å². The quantitative estimate of drug-likeness (QED) is 0.359. The lowest BCUT2D eigenvalue weighted by Gasteiger charge is -2.36. The number of benzene rings is 3.